The van der Waals surface area contributed by atoms with Gasteiger partial charge in [-0.05, 0) is 18.4 Å². The van der Waals surface area contributed by atoms with Crippen molar-refractivity contribution in [1.29, 1.82) is 0 Å². The highest BCUT2D eigenvalue weighted by Crippen LogP contribution is 2.07. The second-order valence-corrected chi connectivity index (χ2v) is 2.94. The molecule has 2 nitrogen and oxygen atoms in total. The number of carbonyl (C=O) groups is 1. The molecule has 10 heavy (non-hydrogen) atoms. The summed E-state index contributed by atoms with van der Waals surface area (Å²) < 4.78 is 0. The van der Waals surface area contributed by atoms with E-state index in [1.807, 2.05) is 10.8 Å². The summed E-state index contributed by atoms with van der Waals surface area (Å²) in [4.78, 5) is 11.1. The first-order valence-corrected chi connectivity index (χ1v) is 3.98. The molecule has 1 rings (SSSR count). The molecular weight excluding hydrogens is 146 g/mol. The summed E-state index contributed by atoms with van der Waals surface area (Å²) in [5.41, 5.74) is 6.10. The maximum atomic E-state index is 11.1. The van der Waals surface area contributed by atoms with Gasteiger partial charge < -0.3 is 5.73 Å². The lowest BCUT2D eigenvalue weighted by atomic mass is 10.1. The van der Waals surface area contributed by atoms with Gasteiger partial charge in [-0.15, -0.1) is 0 Å². The van der Waals surface area contributed by atoms with Gasteiger partial charge in [0.25, 0.3) is 0 Å². The molecule has 0 spiro atoms. The molecule has 0 aliphatic rings. The van der Waals surface area contributed by atoms with E-state index in [-0.39, 0.29) is 11.8 Å². The standard InChI is InChI=1S/C7H9NOS/c1-5(8)7(9)6-2-3-10-4-6/h2-5H,8H2,1H3/t5-/m0/s1. The minimum absolute atomic E-state index is 0.0150. The Hall–Kier alpha value is -0.670. The molecule has 0 radical (unpaired) electrons. The average Bonchev–Trinajstić information content (AvgIpc) is 2.36. The third kappa shape index (κ3) is 1.43. The predicted molar refractivity (Wildman–Crippen MR) is 42.3 cm³/mol. The summed E-state index contributed by atoms with van der Waals surface area (Å²) >= 11 is 1.51. The van der Waals surface area contributed by atoms with Crippen LogP contribution in [0.15, 0.2) is 16.8 Å². The molecule has 0 aliphatic heterocycles. The van der Waals surface area contributed by atoms with Crippen LogP contribution in [0.5, 0.6) is 0 Å². The van der Waals surface area contributed by atoms with Gasteiger partial charge in [0.1, 0.15) is 0 Å². The molecule has 1 aromatic rings. The van der Waals surface area contributed by atoms with E-state index in [1.54, 1.807) is 13.0 Å². The van der Waals surface area contributed by atoms with Gasteiger partial charge in [-0.1, -0.05) is 0 Å². The Morgan fingerprint density at radius 1 is 1.80 bits per heavy atom. The smallest absolute Gasteiger partial charge is 0.180 e. The van der Waals surface area contributed by atoms with E-state index in [1.165, 1.54) is 11.3 Å². The van der Waals surface area contributed by atoms with Crippen LogP contribution < -0.4 is 5.73 Å². The lowest BCUT2D eigenvalue weighted by molar-refractivity contribution is 0.0968. The van der Waals surface area contributed by atoms with Crippen LogP contribution in [0.2, 0.25) is 0 Å². The van der Waals surface area contributed by atoms with E-state index >= 15 is 0 Å². The van der Waals surface area contributed by atoms with Gasteiger partial charge >= 0.3 is 0 Å². The van der Waals surface area contributed by atoms with Crippen molar-refractivity contribution >= 4 is 17.1 Å². The van der Waals surface area contributed by atoms with E-state index in [0.29, 0.717) is 0 Å². The fourth-order valence-corrected chi connectivity index (χ4v) is 1.31. The summed E-state index contributed by atoms with van der Waals surface area (Å²) in [6.07, 6.45) is 0. The Balaban J connectivity index is 2.78. The molecule has 0 aromatic carbocycles. The van der Waals surface area contributed by atoms with Crippen molar-refractivity contribution in [3.05, 3.63) is 22.4 Å². The Morgan fingerprint density at radius 2 is 2.50 bits per heavy atom. The van der Waals surface area contributed by atoms with Crippen LogP contribution >= 0.6 is 11.3 Å². The summed E-state index contributed by atoms with van der Waals surface area (Å²) in [7, 11) is 0. The number of hydrogen-bond acceptors (Lipinski definition) is 3. The van der Waals surface area contributed by atoms with Gasteiger partial charge in [0.15, 0.2) is 5.78 Å². The third-order valence-electron chi connectivity index (χ3n) is 1.22. The van der Waals surface area contributed by atoms with E-state index in [0.717, 1.165) is 5.56 Å². The van der Waals surface area contributed by atoms with E-state index < -0.39 is 0 Å². The number of carbonyl (C=O) groups excluding carboxylic acids is 1. The molecule has 1 aromatic heterocycles. The second kappa shape index (κ2) is 2.94. The van der Waals surface area contributed by atoms with Crippen LogP contribution in [-0.2, 0) is 0 Å². The number of thiophene rings is 1. The van der Waals surface area contributed by atoms with Crippen LogP contribution in [0.1, 0.15) is 17.3 Å². The van der Waals surface area contributed by atoms with Crippen molar-refractivity contribution < 1.29 is 4.79 Å². The van der Waals surface area contributed by atoms with Gasteiger partial charge in [0, 0.05) is 10.9 Å². The second-order valence-electron chi connectivity index (χ2n) is 2.16. The summed E-state index contributed by atoms with van der Waals surface area (Å²) in [6.45, 7) is 1.69. The van der Waals surface area contributed by atoms with Gasteiger partial charge in [-0.3, -0.25) is 4.79 Å². The summed E-state index contributed by atoms with van der Waals surface area (Å²) in [6, 6.07) is 1.41. The molecule has 54 valence electrons. The van der Waals surface area contributed by atoms with Crippen LogP contribution in [0, 0.1) is 0 Å². The van der Waals surface area contributed by atoms with E-state index in [9.17, 15) is 4.79 Å². The first-order valence-electron chi connectivity index (χ1n) is 3.04. The van der Waals surface area contributed by atoms with Crippen molar-refractivity contribution in [2.24, 2.45) is 5.73 Å². The molecule has 0 unspecified atom stereocenters. The van der Waals surface area contributed by atoms with Crippen LogP contribution in [0.25, 0.3) is 0 Å². The Morgan fingerprint density at radius 3 is 2.90 bits per heavy atom. The van der Waals surface area contributed by atoms with E-state index in [2.05, 4.69) is 0 Å². The number of hydrogen-bond donors (Lipinski definition) is 1. The third-order valence-corrected chi connectivity index (χ3v) is 1.90. The normalized spacial score (nSPS) is 13.0. The maximum absolute atomic E-state index is 11.1. The largest absolute Gasteiger partial charge is 0.321 e. The highest BCUT2D eigenvalue weighted by molar-refractivity contribution is 7.08. The van der Waals surface area contributed by atoms with Crippen molar-refractivity contribution in [3.63, 3.8) is 0 Å². The average molecular weight is 155 g/mol. The minimum atomic E-state index is -0.380. The first kappa shape index (κ1) is 7.44. The van der Waals surface area contributed by atoms with Crippen molar-refractivity contribution in [3.8, 4) is 0 Å². The maximum Gasteiger partial charge on any atom is 0.180 e. The first-order chi connectivity index (χ1) is 4.72. The molecular formula is C7H9NOS. The molecule has 1 atom stereocenters. The summed E-state index contributed by atoms with van der Waals surface area (Å²) in [5, 5.41) is 3.68. The quantitative estimate of drug-likeness (QED) is 0.654. The zero-order valence-electron chi connectivity index (χ0n) is 5.70. The summed E-state index contributed by atoms with van der Waals surface area (Å²) in [5.74, 6) is 0.0150. The zero-order chi connectivity index (χ0) is 7.56. The fourth-order valence-electron chi connectivity index (χ4n) is 0.668. The van der Waals surface area contributed by atoms with Crippen LogP contribution in [0.4, 0.5) is 0 Å². The van der Waals surface area contributed by atoms with E-state index in [4.69, 9.17) is 5.73 Å². The number of rotatable bonds is 2. The molecule has 0 aliphatic carbocycles. The fraction of sp³-hybridized carbons (Fsp3) is 0.286. The molecule has 2 N–H and O–H groups in total. The highest BCUT2D eigenvalue weighted by Gasteiger charge is 2.09. The van der Waals surface area contributed by atoms with Crippen molar-refractivity contribution in [1.82, 2.24) is 0 Å². The predicted octanol–water partition coefficient (Wildman–Crippen LogP) is 1.28. The molecule has 0 bridgehead atoms. The van der Waals surface area contributed by atoms with Gasteiger partial charge in [-0.2, -0.15) is 11.3 Å². The van der Waals surface area contributed by atoms with Crippen molar-refractivity contribution in [2.75, 3.05) is 0 Å². The Bertz CT molecular complexity index is 216. The lowest BCUT2D eigenvalue weighted by Gasteiger charge is -1.99. The molecule has 3 heteroatoms. The number of Topliss-reactive ketones (excluding diaryl/α,β-unsaturated/α-hetero) is 1. The monoisotopic (exact) mass is 155 g/mol. The lowest BCUT2D eigenvalue weighted by Crippen LogP contribution is -2.26. The van der Waals surface area contributed by atoms with Gasteiger partial charge in [0.2, 0.25) is 0 Å². The zero-order valence-corrected chi connectivity index (χ0v) is 6.52. The molecule has 0 saturated carbocycles. The Labute approximate surface area is 63.7 Å². The van der Waals surface area contributed by atoms with Crippen LogP contribution in [0.3, 0.4) is 0 Å². The Kier molecular flexibility index (Phi) is 2.19. The number of nitrogens with two attached hydrogens (primary N) is 1. The number of ketones is 1. The molecule has 1 heterocycles. The SMILES string of the molecule is C[C@H](N)C(=O)c1ccsc1. The van der Waals surface area contributed by atoms with Crippen LogP contribution in [-0.4, -0.2) is 11.8 Å². The van der Waals surface area contributed by atoms with Gasteiger partial charge in [0.05, 0.1) is 6.04 Å². The molecule has 0 saturated heterocycles. The molecule has 0 fully saturated rings. The van der Waals surface area contributed by atoms with Crippen molar-refractivity contribution in [2.45, 2.75) is 13.0 Å². The molecule has 0 amide bonds. The topological polar surface area (TPSA) is 43.1 Å². The van der Waals surface area contributed by atoms with Gasteiger partial charge in [-0.25, -0.2) is 0 Å². The highest BCUT2D eigenvalue weighted by atomic mass is 32.1. The minimum Gasteiger partial charge on any atom is -0.321 e.